The second-order valence-corrected chi connectivity index (χ2v) is 12.0. The molecule has 1 aliphatic rings. The molecule has 1 atom stereocenters. The SMILES string of the molecule is CC(C)C[C@H]1COc2cc(Br)ccc2S(=O)(=O)N1Cc1cn(Cc2ccc(Br)cc2)nn1. The first-order chi connectivity index (χ1) is 15.2. The van der Waals surface area contributed by atoms with Gasteiger partial charge in [-0.25, -0.2) is 13.1 Å². The Morgan fingerprint density at radius 2 is 1.81 bits per heavy atom. The van der Waals surface area contributed by atoms with Crippen molar-refractivity contribution in [2.24, 2.45) is 5.92 Å². The molecule has 0 saturated heterocycles. The summed E-state index contributed by atoms with van der Waals surface area (Å²) >= 11 is 6.83. The van der Waals surface area contributed by atoms with Crippen molar-refractivity contribution in [3.8, 4) is 5.75 Å². The number of sulfonamides is 1. The fourth-order valence-corrected chi connectivity index (χ4v) is 6.08. The van der Waals surface area contributed by atoms with E-state index in [2.05, 4.69) is 56.0 Å². The quantitative estimate of drug-likeness (QED) is 0.414. The number of nitrogens with zero attached hydrogens (tertiary/aromatic N) is 4. The molecule has 0 fully saturated rings. The van der Waals surface area contributed by atoms with Crippen molar-refractivity contribution in [3.05, 3.63) is 68.9 Å². The molecule has 170 valence electrons. The molecule has 7 nitrogen and oxygen atoms in total. The van der Waals surface area contributed by atoms with Crippen molar-refractivity contribution < 1.29 is 13.2 Å². The summed E-state index contributed by atoms with van der Waals surface area (Å²) in [6.45, 7) is 5.14. The van der Waals surface area contributed by atoms with E-state index >= 15 is 0 Å². The van der Waals surface area contributed by atoms with Crippen LogP contribution in [-0.2, 0) is 23.1 Å². The number of rotatable bonds is 6. The molecule has 0 bridgehead atoms. The zero-order valence-corrected chi connectivity index (χ0v) is 21.8. The summed E-state index contributed by atoms with van der Waals surface area (Å²) in [5, 5.41) is 8.46. The van der Waals surface area contributed by atoms with E-state index in [4.69, 9.17) is 4.74 Å². The highest BCUT2D eigenvalue weighted by Crippen LogP contribution is 2.35. The van der Waals surface area contributed by atoms with Crippen LogP contribution >= 0.6 is 31.9 Å². The van der Waals surface area contributed by atoms with E-state index in [0.717, 1.165) is 14.5 Å². The Hall–Kier alpha value is -1.75. The Morgan fingerprint density at radius 1 is 1.09 bits per heavy atom. The number of hydrogen-bond acceptors (Lipinski definition) is 5. The molecule has 0 N–H and O–H groups in total. The van der Waals surface area contributed by atoms with Crippen LogP contribution in [0.2, 0.25) is 0 Å². The molecule has 0 unspecified atom stereocenters. The van der Waals surface area contributed by atoms with Gasteiger partial charge in [0.15, 0.2) is 0 Å². The molecule has 4 rings (SSSR count). The van der Waals surface area contributed by atoms with E-state index in [0.29, 0.717) is 30.3 Å². The first-order valence-corrected chi connectivity index (χ1v) is 13.3. The maximum Gasteiger partial charge on any atom is 0.247 e. The normalized spacial score (nSPS) is 18.2. The molecule has 0 saturated carbocycles. The van der Waals surface area contributed by atoms with Crippen LogP contribution in [0.1, 0.15) is 31.5 Å². The molecule has 0 amide bonds. The van der Waals surface area contributed by atoms with E-state index in [1.807, 2.05) is 24.3 Å². The Morgan fingerprint density at radius 3 is 2.53 bits per heavy atom. The van der Waals surface area contributed by atoms with Crippen LogP contribution in [0.3, 0.4) is 0 Å². The van der Waals surface area contributed by atoms with Crippen LogP contribution in [0.4, 0.5) is 0 Å². The molecule has 0 spiro atoms. The average molecular weight is 584 g/mol. The lowest BCUT2D eigenvalue weighted by atomic mass is 10.0. The van der Waals surface area contributed by atoms with Crippen LogP contribution in [0.25, 0.3) is 0 Å². The summed E-state index contributed by atoms with van der Waals surface area (Å²) in [5.74, 6) is 0.678. The van der Waals surface area contributed by atoms with Gasteiger partial charge in [0.05, 0.1) is 31.0 Å². The molecule has 1 aliphatic heterocycles. The molecule has 0 aliphatic carbocycles. The van der Waals surface area contributed by atoms with Crippen molar-refractivity contribution in [2.75, 3.05) is 6.61 Å². The first-order valence-electron chi connectivity index (χ1n) is 10.3. The van der Waals surface area contributed by atoms with Gasteiger partial charge < -0.3 is 4.74 Å². The maximum atomic E-state index is 13.6. The van der Waals surface area contributed by atoms with E-state index in [9.17, 15) is 8.42 Å². The minimum atomic E-state index is -3.78. The summed E-state index contributed by atoms with van der Waals surface area (Å²) in [5.41, 5.74) is 1.68. The monoisotopic (exact) mass is 582 g/mol. The van der Waals surface area contributed by atoms with Gasteiger partial charge in [0.25, 0.3) is 0 Å². The standard InChI is InChI=1S/C22H24Br2N4O3S/c1-15(2)9-20-14-31-21-10-18(24)7-8-22(21)32(29,30)28(20)13-19-12-27(26-25-19)11-16-3-5-17(23)6-4-16/h3-8,10,12,15,20H,9,11,13-14H2,1-2H3/t20-/m0/s1. The second kappa shape index (κ2) is 9.62. The molecule has 0 radical (unpaired) electrons. The highest BCUT2D eigenvalue weighted by molar-refractivity contribution is 9.10. The number of halogens is 2. The number of aromatic nitrogens is 3. The third kappa shape index (κ3) is 5.24. The van der Waals surface area contributed by atoms with Gasteiger partial charge in [0.2, 0.25) is 10.0 Å². The summed E-state index contributed by atoms with van der Waals surface area (Å²) < 4.78 is 38.2. The summed E-state index contributed by atoms with van der Waals surface area (Å²) in [6, 6.07) is 12.7. The van der Waals surface area contributed by atoms with Crippen molar-refractivity contribution >= 4 is 41.9 Å². The average Bonchev–Trinajstić information content (AvgIpc) is 3.14. The van der Waals surface area contributed by atoms with Crippen LogP contribution in [-0.4, -0.2) is 40.4 Å². The Balaban J connectivity index is 1.62. The zero-order chi connectivity index (χ0) is 22.9. The predicted molar refractivity (Wildman–Crippen MR) is 129 cm³/mol. The molecule has 3 aromatic rings. The van der Waals surface area contributed by atoms with Crippen molar-refractivity contribution in [3.63, 3.8) is 0 Å². The predicted octanol–water partition coefficient (Wildman–Crippen LogP) is 4.85. The fourth-order valence-electron chi connectivity index (χ4n) is 3.77. The summed E-state index contributed by atoms with van der Waals surface area (Å²) in [6.07, 6.45) is 2.49. The van der Waals surface area contributed by atoms with Crippen LogP contribution in [0.15, 0.2) is 62.5 Å². The third-order valence-electron chi connectivity index (χ3n) is 5.24. The first kappa shape index (κ1) is 23.4. The maximum absolute atomic E-state index is 13.6. The zero-order valence-electron chi connectivity index (χ0n) is 17.8. The minimum Gasteiger partial charge on any atom is -0.490 e. The summed E-state index contributed by atoms with van der Waals surface area (Å²) in [4.78, 5) is 0.175. The lowest BCUT2D eigenvalue weighted by Crippen LogP contribution is -2.42. The number of ether oxygens (including phenoxy) is 1. The van der Waals surface area contributed by atoms with E-state index in [1.165, 1.54) is 4.31 Å². The van der Waals surface area contributed by atoms with Crippen LogP contribution < -0.4 is 4.74 Å². The van der Waals surface area contributed by atoms with E-state index in [-0.39, 0.29) is 24.1 Å². The molecular formula is C22H24Br2N4O3S. The highest BCUT2D eigenvalue weighted by Gasteiger charge is 2.38. The Bertz CT molecular complexity index is 1200. The molecule has 32 heavy (non-hydrogen) atoms. The van der Waals surface area contributed by atoms with E-state index in [1.54, 1.807) is 29.1 Å². The molecule has 1 aromatic heterocycles. The van der Waals surface area contributed by atoms with Crippen molar-refractivity contribution in [1.82, 2.24) is 19.3 Å². The van der Waals surface area contributed by atoms with Gasteiger partial charge in [-0.2, -0.15) is 4.31 Å². The van der Waals surface area contributed by atoms with Crippen molar-refractivity contribution in [2.45, 2.75) is 44.3 Å². The summed E-state index contributed by atoms with van der Waals surface area (Å²) in [7, 11) is -3.78. The number of fused-ring (bicyclic) bond motifs is 1. The van der Waals surface area contributed by atoms with Gasteiger partial charge in [-0.1, -0.05) is 63.1 Å². The minimum absolute atomic E-state index is 0.138. The highest BCUT2D eigenvalue weighted by atomic mass is 79.9. The van der Waals surface area contributed by atoms with Crippen molar-refractivity contribution in [1.29, 1.82) is 0 Å². The lowest BCUT2D eigenvalue weighted by Gasteiger charge is -2.28. The second-order valence-electron chi connectivity index (χ2n) is 8.27. The Kier molecular flexibility index (Phi) is 7.04. The van der Waals surface area contributed by atoms with E-state index < -0.39 is 10.0 Å². The van der Waals surface area contributed by atoms with Gasteiger partial charge in [-0.05, 0) is 48.2 Å². The van der Waals surface area contributed by atoms with Gasteiger partial charge in [0, 0.05) is 8.95 Å². The van der Waals surface area contributed by atoms with Gasteiger partial charge in [-0.3, -0.25) is 0 Å². The van der Waals surface area contributed by atoms with Gasteiger partial charge in [-0.15, -0.1) is 5.10 Å². The van der Waals surface area contributed by atoms with Crippen LogP contribution in [0, 0.1) is 5.92 Å². The fraction of sp³-hybridized carbons (Fsp3) is 0.364. The molecule has 10 heteroatoms. The molecule has 2 heterocycles. The largest absolute Gasteiger partial charge is 0.490 e. The van der Waals surface area contributed by atoms with Crippen LogP contribution in [0.5, 0.6) is 5.75 Å². The Labute approximate surface area is 205 Å². The molecule has 2 aromatic carbocycles. The lowest BCUT2D eigenvalue weighted by molar-refractivity contribution is 0.186. The smallest absolute Gasteiger partial charge is 0.247 e. The topological polar surface area (TPSA) is 77.3 Å². The number of benzene rings is 2. The van der Waals surface area contributed by atoms with Gasteiger partial charge >= 0.3 is 0 Å². The number of hydrogen-bond donors (Lipinski definition) is 0. The molecular weight excluding hydrogens is 560 g/mol. The van der Waals surface area contributed by atoms with Gasteiger partial charge in [0.1, 0.15) is 17.3 Å². The third-order valence-corrected chi connectivity index (χ3v) is 8.20.